The largest absolute Gasteiger partial charge is 0.396 e. The number of aromatic nitrogens is 1. The third-order valence-corrected chi connectivity index (χ3v) is 4.65. The molecule has 100 valence electrons. The van der Waals surface area contributed by atoms with Crippen molar-refractivity contribution in [2.45, 2.75) is 30.2 Å². The molecule has 7 heteroatoms. The molecule has 2 atom stereocenters. The summed E-state index contributed by atoms with van der Waals surface area (Å²) in [4.78, 5) is 3.33. The summed E-state index contributed by atoms with van der Waals surface area (Å²) in [5.41, 5.74) is 0. The van der Waals surface area contributed by atoms with Gasteiger partial charge in [0.05, 0.1) is 6.20 Å². The van der Waals surface area contributed by atoms with Gasteiger partial charge in [-0.2, -0.15) is 0 Å². The lowest BCUT2D eigenvalue weighted by atomic mass is 10.1. The number of aliphatic hydroxyl groups excluding tert-OH is 1. The molecule has 1 aliphatic carbocycles. The minimum absolute atomic E-state index is 0.0470. The Bertz CT molecular complexity index is 521. The Morgan fingerprint density at radius 2 is 2.22 bits per heavy atom. The summed E-state index contributed by atoms with van der Waals surface area (Å²) in [6.45, 7) is -0.0470. The van der Waals surface area contributed by atoms with Crippen LogP contribution < -0.4 is 4.72 Å². The molecule has 2 rings (SSSR count). The van der Waals surface area contributed by atoms with E-state index in [-0.39, 0.29) is 23.5 Å². The molecule has 1 aliphatic rings. The van der Waals surface area contributed by atoms with Gasteiger partial charge in [0, 0.05) is 18.8 Å². The second kappa shape index (κ2) is 5.29. The van der Waals surface area contributed by atoms with Crippen LogP contribution in [0.15, 0.2) is 23.4 Å². The smallest absolute Gasteiger partial charge is 0.242 e. The van der Waals surface area contributed by atoms with E-state index in [1.807, 2.05) is 0 Å². The van der Waals surface area contributed by atoms with Crippen LogP contribution in [0.25, 0.3) is 0 Å². The maximum Gasteiger partial charge on any atom is 0.242 e. The summed E-state index contributed by atoms with van der Waals surface area (Å²) in [5.74, 6) is -0.760. The average molecular weight is 274 g/mol. The summed E-state index contributed by atoms with van der Waals surface area (Å²) in [7, 11) is -3.77. The van der Waals surface area contributed by atoms with Crippen molar-refractivity contribution in [1.82, 2.24) is 9.71 Å². The molecule has 0 saturated heterocycles. The number of aliphatic hydroxyl groups is 1. The third-order valence-electron chi connectivity index (χ3n) is 3.19. The van der Waals surface area contributed by atoms with Gasteiger partial charge in [-0.1, -0.05) is 6.42 Å². The van der Waals surface area contributed by atoms with Crippen molar-refractivity contribution in [2.24, 2.45) is 5.92 Å². The van der Waals surface area contributed by atoms with E-state index in [0.717, 1.165) is 31.3 Å². The lowest BCUT2D eigenvalue weighted by Crippen LogP contribution is -2.38. The molecule has 0 radical (unpaired) electrons. The number of hydrogen-bond acceptors (Lipinski definition) is 4. The van der Waals surface area contributed by atoms with E-state index in [1.54, 1.807) is 0 Å². The third kappa shape index (κ3) is 2.85. The SMILES string of the molecule is O=S(=O)(NC1CCCC1CO)c1cncc(F)c1. The standard InChI is InChI=1S/C11H15FN2O3S/c12-9-4-10(6-13-5-9)18(16,17)14-11-3-1-2-8(11)7-15/h4-6,8,11,14-15H,1-3,7H2. The monoisotopic (exact) mass is 274 g/mol. The van der Waals surface area contributed by atoms with E-state index in [1.165, 1.54) is 0 Å². The second-order valence-electron chi connectivity index (χ2n) is 4.44. The Labute approximate surface area is 105 Å². The molecular weight excluding hydrogens is 259 g/mol. The number of hydrogen-bond donors (Lipinski definition) is 2. The van der Waals surface area contributed by atoms with Crippen LogP contribution in [0.5, 0.6) is 0 Å². The molecule has 1 aromatic heterocycles. The topological polar surface area (TPSA) is 79.3 Å². The Kier molecular flexibility index (Phi) is 3.94. The van der Waals surface area contributed by atoms with Crippen LogP contribution in [-0.2, 0) is 10.0 Å². The number of rotatable bonds is 4. The van der Waals surface area contributed by atoms with Crippen LogP contribution in [0.4, 0.5) is 4.39 Å². The van der Waals surface area contributed by atoms with Gasteiger partial charge in [-0.05, 0) is 24.8 Å². The maximum atomic E-state index is 13.0. The summed E-state index contributed by atoms with van der Waals surface area (Å²) >= 11 is 0. The van der Waals surface area contributed by atoms with E-state index >= 15 is 0 Å². The normalized spacial score (nSPS) is 24.3. The first kappa shape index (κ1) is 13.4. The molecule has 1 aromatic rings. The quantitative estimate of drug-likeness (QED) is 0.845. The summed E-state index contributed by atoms with van der Waals surface area (Å²) in [5, 5.41) is 9.14. The van der Waals surface area contributed by atoms with E-state index in [0.29, 0.717) is 6.42 Å². The van der Waals surface area contributed by atoms with Crippen molar-refractivity contribution in [3.05, 3.63) is 24.3 Å². The second-order valence-corrected chi connectivity index (χ2v) is 6.15. The molecule has 0 aromatic carbocycles. The average Bonchev–Trinajstić information content (AvgIpc) is 2.75. The van der Waals surface area contributed by atoms with Crippen molar-refractivity contribution >= 4 is 10.0 Å². The molecule has 2 N–H and O–H groups in total. The van der Waals surface area contributed by atoms with Gasteiger partial charge in [-0.3, -0.25) is 4.98 Å². The van der Waals surface area contributed by atoms with Crippen LogP contribution in [0.2, 0.25) is 0 Å². The highest BCUT2D eigenvalue weighted by Gasteiger charge is 2.30. The Hall–Kier alpha value is -1.05. The van der Waals surface area contributed by atoms with Crippen LogP contribution in [0.3, 0.4) is 0 Å². The number of nitrogens with zero attached hydrogens (tertiary/aromatic N) is 1. The minimum atomic E-state index is -3.77. The van der Waals surface area contributed by atoms with Gasteiger partial charge in [0.25, 0.3) is 0 Å². The van der Waals surface area contributed by atoms with E-state index in [2.05, 4.69) is 9.71 Å². The van der Waals surface area contributed by atoms with Gasteiger partial charge in [-0.15, -0.1) is 0 Å². The molecule has 0 amide bonds. The highest BCUT2D eigenvalue weighted by molar-refractivity contribution is 7.89. The lowest BCUT2D eigenvalue weighted by Gasteiger charge is -2.18. The zero-order chi connectivity index (χ0) is 13.2. The number of sulfonamides is 1. The van der Waals surface area contributed by atoms with Crippen molar-refractivity contribution < 1.29 is 17.9 Å². The van der Waals surface area contributed by atoms with Gasteiger partial charge in [0.2, 0.25) is 10.0 Å². The molecule has 18 heavy (non-hydrogen) atoms. The Morgan fingerprint density at radius 3 is 2.89 bits per heavy atom. The molecule has 5 nitrogen and oxygen atoms in total. The lowest BCUT2D eigenvalue weighted by molar-refractivity contribution is 0.213. The summed E-state index contributed by atoms with van der Waals surface area (Å²) in [6.07, 6.45) is 4.41. The highest BCUT2D eigenvalue weighted by atomic mass is 32.2. The molecule has 1 saturated carbocycles. The van der Waals surface area contributed by atoms with E-state index in [9.17, 15) is 12.8 Å². The molecular formula is C11H15FN2O3S. The fourth-order valence-electron chi connectivity index (χ4n) is 2.22. The van der Waals surface area contributed by atoms with Crippen LogP contribution in [0, 0.1) is 11.7 Å². The van der Waals surface area contributed by atoms with Crippen molar-refractivity contribution in [2.75, 3.05) is 6.61 Å². The maximum absolute atomic E-state index is 13.0. The van der Waals surface area contributed by atoms with Gasteiger partial charge < -0.3 is 5.11 Å². The van der Waals surface area contributed by atoms with Crippen molar-refractivity contribution in [3.8, 4) is 0 Å². The van der Waals surface area contributed by atoms with Crippen LogP contribution >= 0.6 is 0 Å². The van der Waals surface area contributed by atoms with Crippen molar-refractivity contribution in [1.29, 1.82) is 0 Å². The van der Waals surface area contributed by atoms with Gasteiger partial charge in [0.1, 0.15) is 10.7 Å². The summed E-state index contributed by atoms with van der Waals surface area (Å²) < 4.78 is 39.5. The number of pyridine rings is 1. The molecule has 1 fully saturated rings. The fourth-order valence-corrected chi connectivity index (χ4v) is 3.53. The molecule has 0 spiro atoms. The van der Waals surface area contributed by atoms with E-state index < -0.39 is 15.8 Å². The number of nitrogens with one attached hydrogen (secondary N) is 1. The van der Waals surface area contributed by atoms with Gasteiger partial charge in [0.15, 0.2) is 0 Å². The molecule has 2 unspecified atom stereocenters. The Balaban J connectivity index is 2.17. The predicted octanol–water partition coefficient (Wildman–Crippen LogP) is 0.660. The van der Waals surface area contributed by atoms with Gasteiger partial charge in [-0.25, -0.2) is 17.5 Å². The predicted molar refractivity (Wildman–Crippen MR) is 62.7 cm³/mol. The zero-order valence-corrected chi connectivity index (χ0v) is 10.5. The van der Waals surface area contributed by atoms with Gasteiger partial charge >= 0.3 is 0 Å². The molecule has 0 aliphatic heterocycles. The highest BCUT2D eigenvalue weighted by Crippen LogP contribution is 2.26. The first-order chi connectivity index (χ1) is 8.53. The number of halogens is 1. The molecule has 1 heterocycles. The zero-order valence-electron chi connectivity index (χ0n) is 9.71. The fraction of sp³-hybridized carbons (Fsp3) is 0.545. The van der Waals surface area contributed by atoms with Crippen LogP contribution in [0.1, 0.15) is 19.3 Å². The Morgan fingerprint density at radius 1 is 1.44 bits per heavy atom. The summed E-state index contributed by atoms with van der Waals surface area (Å²) in [6, 6.07) is 0.640. The van der Waals surface area contributed by atoms with Crippen LogP contribution in [-0.4, -0.2) is 31.2 Å². The van der Waals surface area contributed by atoms with E-state index in [4.69, 9.17) is 5.11 Å². The first-order valence-corrected chi connectivity index (χ1v) is 7.25. The minimum Gasteiger partial charge on any atom is -0.396 e. The van der Waals surface area contributed by atoms with Crippen molar-refractivity contribution in [3.63, 3.8) is 0 Å². The molecule has 0 bridgehead atoms. The first-order valence-electron chi connectivity index (χ1n) is 5.76.